The van der Waals surface area contributed by atoms with Crippen LogP contribution in [-0.2, 0) is 27.2 Å². The molecule has 1 aliphatic heterocycles. The van der Waals surface area contributed by atoms with Crippen molar-refractivity contribution in [2.24, 2.45) is 5.73 Å². The largest absolute Gasteiger partial charge is 0.468 e. The van der Waals surface area contributed by atoms with E-state index in [-0.39, 0.29) is 17.0 Å². The summed E-state index contributed by atoms with van der Waals surface area (Å²) in [5.41, 5.74) is 6.93. The number of carbonyl (C=O) groups excluding carboxylic acids is 1. The van der Waals surface area contributed by atoms with Gasteiger partial charge in [-0.05, 0) is 18.6 Å². The maximum Gasteiger partial charge on any atom is 0.340 e. The highest BCUT2D eigenvalue weighted by molar-refractivity contribution is 5.92. The topological polar surface area (TPSA) is 106 Å². The number of esters is 1. The van der Waals surface area contributed by atoms with Gasteiger partial charge in [0.25, 0.3) is 5.56 Å². The van der Waals surface area contributed by atoms with Gasteiger partial charge in [-0.1, -0.05) is 13.3 Å². The number of aryl methyl sites for hydroxylation is 1. The number of ether oxygens (including phenoxy) is 3. The Morgan fingerprint density at radius 2 is 2.14 bits per heavy atom. The molecule has 0 fully saturated rings. The van der Waals surface area contributed by atoms with Crippen LogP contribution in [-0.4, -0.2) is 31.4 Å². The molecule has 2 N–H and O–H groups in total. The van der Waals surface area contributed by atoms with Gasteiger partial charge >= 0.3 is 5.97 Å². The number of hydrogen-bond acceptors (Lipinski definition) is 7. The normalized spacial score (nSPS) is 15.9. The van der Waals surface area contributed by atoms with Gasteiger partial charge < -0.3 is 28.9 Å². The van der Waals surface area contributed by atoms with E-state index < -0.39 is 11.9 Å². The van der Waals surface area contributed by atoms with Crippen molar-refractivity contribution in [1.82, 2.24) is 4.57 Å². The molecule has 28 heavy (non-hydrogen) atoms. The summed E-state index contributed by atoms with van der Waals surface area (Å²) in [6.07, 6.45) is 3.02. The predicted octanol–water partition coefficient (Wildman–Crippen LogP) is 1.91. The third-order valence-electron chi connectivity index (χ3n) is 4.71. The van der Waals surface area contributed by atoms with Gasteiger partial charge in [-0.3, -0.25) is 4.79 Å². The average Bonchev–Trinajstić information content (AvgIpc) is 3.21. The molecule has 0 bridgehead atoms. The summed E-state index contributed by atoms with van der Waals surface area (Å²) >= 11 is 0. The molecule has 3 heterocycles. The fourth-order valence-electron chi connectivity index (χ4n) is 3.46. The van der Waals surface area contributed by atoms with E-state index in [9.17, 15) is 9.59 Å². The van der Waals surface area contributed by atoms with E-state index in [2.05, 4.69) is 0 Å². The first kappa shape index (κ1) is 19.8. The first-order valence-electron chi connectivity index (χ1n) is 9.08. The Bertz CT molecular complexity index is 942. The number of aromatic nitrogens is 1. The van der Waals surface area contributed by atoms with E-state index in [0.29, 0.717) is 36.6 Å². The lowest BCUT2D eigenvalue weighted by molar-refractivity contribution is -0.136. The van der Waals surface area contributed by atoms with Gasteiger partial charge in [-0.2, -0.15) is 0 Å². The molecule has 0 spiro atoms. The Balaban J connectivity index is 2.26. The van der Waals surface area contributed by atoms with Crippen LogP contribution in [0.5, 0.6) is 5.75 Å². The Morgan fingerprint density at radius 3 is 2.75 bits per heavy atom. The van der Waals surface area contributed by atoms with Gasteiger partial charge in [0.1, 0.15) is 17.1 Å². The molecule has 2 aromatic heterocycles. The number of nitrogens with zero attached hydrogens (tertiary/aromatic N) is 1. The molecule has 1 atom stereocenters. The fraction of sp³-hybridized carbons (Fsp3) is 0.400. The maximum absolute atomic E-state index is 13.5. The minimum atomic E-state index is -0.817. The van der Waals surface area contributed by atoms with Gasteiger partial charge in [0, 0.05) is 25.4 Å². The second-order valence-electron chi connectivity index (χ2n) is 6.43. The first-order valence-corrected chi connectivity index (χ1v) is 9.08. The summed E-state index contributed by atoms with van der Waals surface area (Å²) in [6, 6.07) is 5.17. The van der Waals surface area contributed by atoms with Gasteiger partial charge in [0.05, 0.1) is 31.5 Å². The van der Waals surface area contributed by atoms with Crippen molar-refractivity contribution < 1.29 is 23.4 Å². The molecule has 2 aromatic rings. The van der Waals surface area contributed by atoms with E-state index in [1.54, 1.807) is 29.9 Å². The molecule has 0 amide bonds. The molecule has 3 rings (SSSR count). The zero-order valence-electron chi connectivity index (χ0n) is 16.2. The Kier molecular flexibility index (Phi) is 5.89. The number of fused-ring (bicyclic) bond motifs is 1. The van der Waals surface area contributed by atoms with E-state index in [1.165, 1.54) is 13.4 Å². The van der Waals surface area contributed by atoms with Crippen LogP contribution >= 0.6 is 0 Å². The van der Waals surface area contributed by atoms with Crippen LogP contribution in [0.25, 0.3) is 0 Å². The first-order chi connectivity index (χ1) is 13.5. The molecule has 0 aliphatic carbocycles. The lowest BCUT2D eigenvalue weighted by atomic mass is 9.87. The smallest absolute Gasteiger partial charge is 0.340 e. The zero-order chi connectivity index (χ0) is 20.3. The fourth-order valence-corrected chi connectivity index (χ4v) is 3.46. The van der Waals surface area contributed by atoms with Gasteiger partial charge in [0.2, 0.25) is 5.88 Å². The van der Waals surface area contributed by atoms with Crippen molar-refractivity contribution in [3.8, 4) is 5.75 Å². The van der Waals surface area contributed by atoms with Crippen LogP contribution in [0, 0.1) is 0 Å². The van der Waals surface area contributed by atoms with E-state index in [0.717, 1.165) is 12.1 Å². The van der Waals surface area contributed by atoms with Crippen LogP contribution in [0.2, 0.25) is 0 Å². The molecule has 0 saturated heterocycles. The molecule has 0 radical (unpaired) electrons. The van der Waals surface area contributed by atoms with Gasteiger partial charge in [-0.25, -0.2) is 4.79 Å². The number of carbonyl (C=O) groups is 1. The Hall–Kier alpha value is -3.00. The number of methoxy groups -OCH3 is 2. The third-order valence-corrected chi connectivity index (χ3v) is 4.71. The second kappa shape index (κ2) is 8.35. The summed E-state index contributed by atoms with van der Waals surface area (Å²) in [7, 11) is 2.83. The number of nitrogens with two attached hydrogens (primary N) is 1. The van der Waals surface area contributed by atoms with Crippen LogP contribution < -0.4 is 16.0 Å². The summed E-state index contributed by atoms with van der Waals surface area (Å²) in [4.78, 5) is 25.9. The Labute approximate surface area is 162 Å². The predicted molar refractivity (Wildman–Crippen MR) is 101 cm³/mol. The lowest BCUT2D eigenvalue weighted by Crippen LogP contribution is -2.36. The average molecular weight is 388 g/mol. The number of hydrogen-bond donors (Lipinski definition) is 1. The Morgan fingerprint density at radius 1 is 1.36 bits per heavy atom. The van der Waals surface area contributed by atoms with Crippen molar-refractivity contribution in [3.63, 3.8) is 0 Å². The maximum atomic E-state index is 13.5. The van der Waals surface area contributed by atoms with Crippen molar-refractivity contribution in [3.05, 3.63) is 63.3 Å². The number of furan rings is 1. The summed E-state index contributed by atoms with van der Waals surface area (Å²) in [5, 5.41) is 0. The molecule has 1 aliphatic rings. The quantitative estimate of drug-likeness (QED) is 0.722. The van der Waals surface area contributed by atoms with Crippen LogP contribution in [0.1, 0.15) is 36.3 Å². The molecular formula is C20H24N2O6. The molecule has 150 valence electrons. The van der Waals surface area contributed by atoms with Crippen molar-refractivity contribution in [2.75, 3.05) is 20.8 Å². The lowest BCUT2D eigenvalue weighted by Gasteiger charge is -2.28. The number of rotatable bonds is 7. The van der Waals surface area contributed by atoms with E-state index in [4.69, 9.17) is 24.4 Å². The van der Waals surface area contributed by atoms with Gasteiger partial charge in [-0.15, -0.1) is 0 Å². The zero-order valence-corrected chi connectivity index (χ0v) is 16.2. The van der Waals surface area contributed by atoms with Gasteiger partial charge in [0.15, 0.2) is 0 Å². The molecule has 0 saturated carbocycles. The summed E-state index contributed by atoms with van der Waals surface area (Å²) in [5.74, 6) is -0.856. The van der Waals surface area contributed by atoms with Crippen LogP contribution in [0.4, 0.5) is 0 Å². The van der Waals surface area contributed by atoms with E-state index in [1.807, 2.05) is 6.92 Å². The van der Waals surface area contributed by atoms with E-state index >= 15 is 0 Å². The SMILES string of the molecule is CCCc1cc2c(c(=O)n1CCOC)C(c1ccco1)C(C(=O)OC)=C(N)O2. The second-order valence-corrected chi connectivity index (χ2v) is 6.43. The minimum absolute atomic E-state index is 0.0450. The van der Waals surface area contributed by atoms with Crippen molar-refractivity contribution >= 4 is 5.97 Å². The van der Waals surface area contributed by atoms with Crippen molar-refractivity contribution in [2.45, 2.75) is 32.2 Å². The molecular weight excluding hydrogens is 364 g/mol. The summed E-state index contributed by atoms with van der Waals surface area (Å²) < 4.78 is 22.9. The van der Waals surface area contributed by atoms with Crippen LogP contribution in [0.3, 0.4) is 0 Å². The monoisotopic (exact) mass is 388 g/mol. The molecule has 0 aromatic carbocycles. The third kappa shape index (κ3) is 3.43. The number of pyridine rings is 1. The highest BCUT2D eigenvalue weighted by atomic mass is 16.5. The highest BCUT2D eigenvalue weighted by Crippen LogP contribution is 2.41. The molecule has 8 heteroatoms. The molecule has 8 nitrogen and oxygen atoms in total. The minimum Gasteiger partial charge on any atom is -0.468 e. The molecule has 1 unspecified atom stereocenters. The standard InChI is InChI=1S/C20H24N2O6/c1-4-6-12-11-14-16(19(23)22(12)8-10-25-2)15(13-7-5-9-27-13)17(18(21)28-14)20(24)26-3/h5,7,9,11,15H,4,6,8,10,21H2,1-3H3. The van der Waals surface area contributed by atoms with Crippen LogP contribution in [0.15, 0.2) is 45.1 Å². The highest BCUT2D eigenvalue weighted by Gasteiger charge is 2.39. The summed E-state index contributed by atoms with van der Waals surface area (Å²) in [6.45, 7) is 2.79. The van der Waals surface area contributed by atoms with Crippen molar-refractivity contribution in [1.29, 1.82) is 0 Å².